The minimum absolute atomic E-state index is 0.0495. The third-order valence-corrected chi connectivity index (χ3v) is 4.39. The van der Waals surface area contributed by atoms with E-state index >= 15 is 0 Å². The first kappa shape index (κ1) is 16.4. The van der Waals surface area contributed by atoms with E-state index in [2.05, 4.69) is 5.32 Å². The largest absolute Gasteiger partial charge is 0.350 e. The van der Waals surface area contributed by atoms with E-state index in [9.17, 15) is 4.79 Å². The van der Waals surface area contributed by atoms with Gasteiger partial charge >= 0.3 is 0 Å². The van der Waals surface area contributed by atoms with Crippen molar-refractivity contribution in [1.82, 2.24) is 5.32 Å². The average molecular weight is 326 g/mol. The lowest BCUT2D eigenvalue weighted by molar-refractivity contribution is -0.117. The van der Waals surface area contributed by atoms with Gasteiger partial charge in [-0.05, 0) is 36.6 Å². The molecule has 1 saturated carbocycles. The van der Waals surface area contributed by atoms with Crippen LogP contribution in [-0.2, 0) is 4.79 Å². The highest BCUT2D eigenvalue weighted by atomic mass is 35.5. The smallest absolute Gasteiger partial charge is 0.244 e. The zero-order chi connectivity index (χ0) is 15.1. The number of carbonyl (C=O) groups is 1. The fraction of sp³-hybridized carbons (Fsp3) is 0.471. The van der Waals surface area contributed by atoms with Gasteiger partial charge in [0.25, 0.3) is 0 Å². The monoisotopic (exact) mass is 325 g/mol. The van der Waals surface area contributed by atoms with Crippen molar-refractivity contribution in [3.05, 3.63) is 39.9 Å². The van der Waals surface area contributed by atoms with E-state index in [0.29, 0.717) is 16.1 Å². The zero-order valence-electron chi connectivity index (χ0n) is 12.1. The van der Waals surface area contributed by atoms with Gasteiger partial charge in [-0.15, -0.1) is 0 Å². The van der Waals surface area contributed by atoms with Crippen molar-refractivity contribution in [3.8, 4) is 0 Å². The van der Waals surface area contributed by atoms with Crippen molar-refractivity contribution in [1.29, 1.82) is 0 Å². The second-order valence-electron chi connectivity index (χ2n) is 5.55. The Morgan fingerprint density at radius 2 is 1.76 bits per heavy atom. The Labute approximate surface area is 136 Å². The number of rotatable bonds is 3. The molecule has 21 heavy (non-hydrogen) atoms. The Balaban J connectivity index is 1.89. The van der Waals surface area contributed by atoms with E-state index in [1.54, 1.807) is 24.3 Å². The summed E-state index contributed by atoms with van der Waals surface area (Å²) in [5.41, 5.74) is 0.800. The van der Waals surface area contributed by atoms with Crippen molar-refractivity contribution >= 4 is 35.2 Å². The SMILES string of the molecule is O=C(/C=C/c1ccc(Cl)cc1Cl)NC1CCCCCCC1. The van der Waals surface area contributed by atoms with Crippen LogP contribution in [0.2, 0.25) is 10.0 Å². The van der Waals surface area contributed by atoms with Crippen LogP contribution in [0.15, 0.2) is 24.3 Å². The summed E-state index contributed by atoms with van der Waals surface area (Å²) in [5.74, 6) is -0.0495. The molecule has 1 aliphatic carbocycles. The molecule has 114 valence electrons. The lowest BCUT2D eigenvalue weighted by Crippen LogP contribution is -2.34. The normalized spacial score (nSPS) is 17.4. The molecule has 0 aliphatic heterocycles. The molecule has 1 aliphatic rings. The highest BCUT2D eigenvalue weighted by Crippen LogP contribution is 2.22. The van der Waals surface area contributed by atoms with Crippen LogP contribution in [0.3, 0.4) is 0 Å². The Bertz CT molecular complexity index is 506. The molecule has 0 unspecified atom stereocenters. The molecule has 1 aromatic rings. The van der Waals surface area contributed by atoms with Crippen molar-refractivity contribution in [2.75, 3.05) is 0 Å². The van der Waals surface area contributed by atoms with Crippen LogP contribution in [0.4, 0.5) is 0 Å². The third-order valence-electron chi connectivity index (χ3n) is 3.83. The van der Waals surface area contributed by atoms with Gasteiger partial charge in [-0.2, -0.15) is 0 Å². The van der Waals surface area contributed by atoms with Crippen LogP contribution >= 0.6 is 23.2 Å². The summed E-state index contributed by atoms with van der Waals surface area (Å²) in [6, 6.07) is 5.56. The van der Waals surface area contributed by atoms with E-state index in [1.807, 2.05) is 6.07 Å². The van der Waals surface area contributed by atoms with Gasteiger partial charge in [0.05, 0.1) is 0 Å². The predicted molar refractivity (Wildman–Crippen MR) is 89.7 cm³/mol. The minimum Gasteiger partial charge on any atom is -0.350 e. The molecule has 0 heterocycles. The van der Waals surface area contributed by atoms with Gasteiger partial charge < -0.3 is 5.32 Å². The van der Waals surface area contributed by atoms with Gasteiger partial charge in [-0.3, -0.25) is 4.79 Å². The first-order valence-electron chi connectivity index (χ1n) is 7.59. The first-order valence-corrected chi connectivity index (χ1v) is 8.34. The second-order valence-corrected chi connectivity index (χ2v) is 6.39. The molecule has 1 amide bonds. The fourth-order valence-corrected chi connectivity index (χ4v) is 3.12. The number of hydrogen-bond acceptors (Lipinski definition) is 1. The summed E-state index contributed by atoms with van der Waals surface area (Å²) in [7, 11) is 0. The topological polar surface area (TPSA) is 29.1 Å². The Kier molecular flexibility index (Phi) is 6.59. The average Bonchev–Trinajstić information content (AvgIpc) is 2.41. The lowest BCUT2D eigenvalue weighted by Gasteiger charge is -2.20. The quantitative estimate of drug-likeness (QED) is 0.757. The Hall–Kier alpha value is -0.990. The lowest BCUT2D eigenvalue weighted by atomic mass is 9.97. The van der Waals surface area contributed by atoms with Gasteiger partial charge in [-0.1, -0.05) is 61.4 Å². The first-order chi connectivity index (χ1) is 10.1. The predicted octanol–water partition coefficient (Wildman–Crippen LogP) is 5.24. The van der Waals surface area contributed by atoms with Crippen molar-refractivity contribution in [2.45, 2.75) is 51.0 Å². The molecule has 0 radical (unpaired) electrons. The molecule has 2 nitrogen and oxygen atoms in total. The van der Waals surface area contributed by atoms with Gasteiger partial charge in [0, 0.05) is 22.2 Å². The van der Waals surface area contributed by atoms with Crippen LogP contribution < -0.4 is 5.32 Å². The third kappa shape index (κ3) is 5.72. The molecule has 0 aromatic heterocycles. The Morgan fingerprint density at radius 3 is 2.43 bits per heavy atom. The van der Waals surface area contributed by atoms with Crippen LogP contribution in [0.25, 0.3) is 6.08 Å². The number of hydrogen-bond donors (Lipinski definition) is 1. The summed E-state index contributed by atoms with van der Waals surface area (Å²) < 4.78 is 0. The summed E-state index contributed by atoms with van der Waals surface area (Å²) in [4.78, 5) is 12.0. The number of amides is 1. The molecule has 0 atom stereocenters. The van der Waals surface area contributed by atoms with Crippen molar-refractivity contribution < 1.29 is 4.79 Å². The van der Waals surface area contributed by atoms with Gasteiger partial charge in [0.2, 0.25) is 5.91 Å². The zero-order valence-corrected chi connectivity index (χ0v) is 13.6. The molecule has 0 spiro atoms. The van der Waals surface area contributed by atoms with E-state index in [1.165, 1.54) is 32.1 Å². The van der Waals surface area contributed by atoms with Gasteiger partial charge in [-0.25, -0.2) is 0 Å². The molecular weight excluding hydrogens is 305 g/mol. The molecule has 1 N–H and O–H groups in total. The molecular formula is C17H21Cl2NO. The maximum absolute atomic E-state index is 12.0. The standard InChI is InChI=1S/C17H21Cl2NO/c18-14-10-8-13(16(19)12-14)9-11-17(21)20-15-6-4-2-1-3-5-7-15/h8-12,15H,1-7H2,(H,20,21)/b11-9+. The molecule has 0 saturated heterocycles. The number of halogens is 2. The van der Waals surface area contributed by atoms with E-state index < -0.39 is 0 Å². The highest BCUT2D eigenvalue weighted by molar-refractivity contribution is 6.35. The maximum atomic E-state index is 12.0. The van der Waals surface area contributed by atoms with Gasteiger partial charge in [0.1, 0.15) is 0 Å². The number of benzene rings is 1. The molecule has 1 aromatic carbocycles. The molecule has 4 heteroatoms. The summed E-state index contributed by atoms with van der Waals surface area (Å²) in [6.07, 6.45) is 11.8. The van der Waals surface area contributed by atoms with Gasteiger partial charge in [0.15, 0.2) is 0 Å². The van der Waals surface area contributed by atoms with Crippen molar-refractivity contribution in [3.63, 3.8) is 0 Å². The van der Waals surface area contributed by atoms with E-state index in [4.69, 9.17) is 23.2 Å². The minimum atomic E-state index is -0.0495. The maximum Gasteiger partial charge on any atom is 0.244 e. The van der Waals surface area contributed by atoms with Crippen LogP contribution in [0.1, 0.15) is 50.5 Å². The summed E-state index contributed by atoms with van der Waals surface area (Å²) >= 11 is 11.9. The molecule has 2 rings (SSSR count). The van der Waals surface area contributed by atoms with Crippen LogP contribution in [0.5, 0.6) is 0 Å². The number of nitrogens with one attached hydrogen (secondary N) is 1. The number of carbonyl (C=O) groups excluding carboxylic acids is 1. The summed E-state index contributed by atoms with van der Waals surface area (Å²) in [5, 5.41) is 4.24. The van der Waals surface area contributed by atoms with E-state index in [-0.39, 0.29) is 5.91 Å². The van der Waals surface area contributed by atoms with E-state index in [0.717, 1.165) is 18.4 Å². The van der Waals surface area contributed by atoms with Crippen LogP contribution in [-0.4, -0.2) is 11.9 Å². The fourth-order valence-electron chi connectivity index (χ4n) is 2.65. The molecule has 0 bridgehead atoms. The highest BCUT2D eigenvalue weighted by Gasteiger charge is 2.12. The Morgan fingerprint density at radius 1 is 1.10 bits per heavy atom. The molecule has 1 fully saturated rings. The second kappa shape index (κ2) is 8.45. The van der Waals surface area contributed by atoms with Crippen molar-refractivity contribution in [2.24, 2.45) is 0 Å². The summed E-state index contributed by atoms with van der Waals surface area (Å²) in [6.45, 7) is 0. The van der Waals surface area contributed by atoms with Crippen LogP contribution in [0, 0.1) is 0 Å².